The Labute approximate surface area is 71.3 Å². The van der Waals surface area contributed by atoms with Gasteiger partial charge in [-0.2, -0.15) is 0 Å². The minimum absolute atomic E-state index is 0.138. The van der Waals surface area contributed by atoms with E-state index in [4.69, 9.17) is 16.2 Å². The Kier molecular flexibility index (Phi) is 2.81. The Morgan fingerprint density at radius 2 is 2.25 bits per heavy atom. The molecular formula is C8H14N2O2. The van der Waals surface area contributed by atoms with Crippen LogP contribution in [0.3, 0.4) is 0 Å². The van der Waals surface area contributed by atoms with E-state index in [9.17, 15) is 4.79 Å². The van der Waals surface area contributed by atoms with E-state index in [2.05, 4.69) is 0 Å². The first-order valence-corrected chi connectivity index (χ1v) is 4.16. The molecule has 0 aromatic heterocycles. The number of hydrogen-bond acceptors (Lipinski definition) is 3. The van der Waals surface area contributed by atoms with E-state index in [-0.39, 0.29) is 18.2 Å². The quantitative estimate of drug-likeness (QED) is 0.528. The maximum Gasteiger partial charge on any atom is 0.349 e. The van der Waals surface area contributed by atoms with Crippen LogP contribution in [-0.2, 0) is 4.79 Å². The van der Waals surface area contributed by atoms with Gasteiger partial charge in [0.15, 0.2) is 0 Å². The fraction of sp³-hybridized carbons (Fsp3) is 0.750. The highest BCUT2D eigenvalue weighted by Crippen LogP contribution is 2.33. The molecule has 0 heterocycles. The molecule has 0 amide bonds. The molecule has 0 bridgehead atoms. The third-order valence-corrected chi connectivity index (χ3v) is 2.06. The highest BCUT2D eigenvalue weighted by Gasteiger charge is 2.24. The van der Waals surface area contributed by atoms with E-state index in [1.165, 1.54) is 12.8 Å². The predicted octanol–water partition coefficient (Wildman–Crippen LogP) is 0.608. The van der Waals surface area contributed by atoms with E-state index >= 15 is 0 Å². The fourth-order valence-electron chi connectivity index (χ4n) is 1.21. The SMILES string of the molecule is N=C(CC(N)CC1CC1)C(=O)O. The van der Waals surface area contributed by atoms with E-state index in [1.54, 1.807) is 0 Å². The van der Waals surface area contributed by atoms with Crippen molar-refractivity contribution in [3.63, 3.8) is 0 Å². The van der Waals surface area contributed by atoms with Gasteiger partial charge in [-0.15, -0.1) is 0 Å². The van der Waals surface area contributed by atoms with Crippen molar-refractivity contribution in [2.24, 2.45) is 11.7 Å². The van der Waals surface area contributed by atoms with Crippen molar-refractivity contribution < 1.29 is 9.90 Å². The summed E-state index contributed by atoms with van der Waals surface area (Å²) in [5, 5.41) is 15.5. The van der Waals surface area contributed by atoms with Gasteiger partial charge in [-0.1, -0.05) is 12.8 Å². The molecule has 4 heteroatoms. The van der Waals surface area contributed by atoms with Gasteiger partial charge in [0.25, 0.3) is 0 Å². The normalized spacial score (nSPS) is 18.8. The van der Waals surface area contributed by atoms with E-state index < -0.39 is 5.97 Å². The lowest BCUT2D eigenvalue weighted by atomic mass is 10.1. The Morgan fingerprint density at radius 3 is 2.67 bits per heavy atom. The molecule has 1 aliphatic rings. The number of carboxylic acids is 1. The van der Waals surface area contributed by atoms with Crippen LogP contribution < -0.4 is 5.73 Å². The van der Waals surface area contributed by atoms with E-state index in [0.29, 0.717) is 5.92 Å². The second-order valence-electron chi connectivity index (χ2n) is 3.43. The first-order chi connectivity index (χ1) is 5.59. The highest BCUT2D eigenvalue weighted by atomic mass is 16.4. The van der Waals surface area contributed by atoms with Gasteiger partial charge in [0.1, 0.15) is 5.71 Å². The number of carboxylic acid groups (broad SMARTS) is 1. The lowest BCUT2D eigenvalue weighted by molar-refractivity contribution is -0.129. The Balaban J connectivity index is 2.19. The molecule has 1 rings (SSSR count). The van der Waals surface area contributed by atoms with Crippen LogP contribution in [0, 0.1) is 11.3 Å². The van der Waals surface area contributed by atoms with Crippen molar-refractivity contribution >= 4 is 11.7 Å². The first kappa shape index (κ1) is 9.19. The van der Waals surface area contributed by atoms with Gasteiger partial charge in [-0.25, -0.2) is 4.79 Å². The summed E-state index contributed by atoms with van der Waals surface area (Å²) in [6.07, 6.45) is 3.50. The molecule has 4 N–H and O–H groups in total. The Hall–Kier alpha value is -0.900. The second kappa shape index (κ2) is 3.67. The summed E-state index contributed by atoms with van der Waals surface area (Å²) in [4.78, 5) is 10.3. The zero-order valence-corrected chi connectivity index (χ0v) is 6.92. The van der Waals surface area contributed by atoms with Gasteiger partial charge in [0.05, 0.1) is 0 Å². The third kappa shape index (κ3) is 3.00. The molecule has 1 aliphatic carbocycles. The van der Waals surface area contributed by atoms with Crippen molar-refractivity contribution in [1.82, 2.24) is 0 Å². The minimum atomic E-state index is -1.15. The number of nitrogens with two attached hydrogens (primary N) is 1. The van der Waals surface area contributed by atoms with Gasteiger partial charge in [0, 0.05) is 12.5 Å². The Bertz CT molecular complexity index is 199. The molecule has 0 spiro atoms. The smallest absolute Gasteiger partial charge is 0.349 e. The van der Waals surface area contributed by atoms with E-state index in [0.717, 1.165) is 6.42 Å². The van der Waals surface area contributed by atoms with E-state index in [1.807, 2.05) is 0 Å². The molecule has 1 saturated carbocycles. The van der Waals surface area contributed by atoms with Crippen molar-refractivity contribution in [2.75, 3.05) is 0 Å². The van der Waals surface area contributed by atoms with Crippen LogP contribution in [0.25, 0.3) is 0 Å². The molecule has 1 atom stereocenters. The summed E-state index contributed by atoms with van der Waals surface area (Å²) in [7, 11) is 0. The van der Waals surface area contributed by atoms with Crippen molar-refractivity contribution in [3.05, 3.63) is 0 Å². The van der Waals surface area contributed by atoms with Crippen LogP contribution in [0.5, 0.6) is 0 Å². The average Bonchev–Trinajstić information content (AvgIpc) is 2.71. The minimum Gasteiger partial charge on any atom is -0.477 e. The largest absolute Gasteiger partial charge is 0.477 e. The van der Waals surface area contributed by atoms with Crippen molar-refractivity contribution in [3.8, 4) is 0 Å². The van der Waals surface area contributed by atoms with Crippen LogP contribution in [0.15, 0.2) is 0 Å². The van der Waals surface area contributed by atoms with Gasteiger partial charge in [-0.3, -0.25) is 5.41 Å². The molecule has 4 nitrogen and oxygen atoms in total. The zero-order valence-electron chi connectivity index (χ0n) is 6.92. The Morgan fingerprint density at radius 1 is 1.67 bits per heavy atom. The molecule has 68 valence electrons. The standard InChI is InChI=1S/C8H14N2O2/c9-6(3-5-1-2-5)4-7(10)8(11)12/h5-6,10H,1-4,9H2,(H,11,12). The highest BCUT2D eigenvalue weighted by molar-refractivity contribution is 6.34. The van der Waals surface area contributed by atoms with Crippen molar-refractivity contribution in [2.45, 2.75) is 31.7 Å². The molecule has 1 unspecified atom stereocenters. The molecule has 0 saturated heterocycles. The second-order valence-corrected chi connectivity index (χ2v) is 3.43. The molecule has 1 fully saturated rings. The monoisotopic (exact) mass is 170 g/mol. The number of rotatable bonds is 5. The summed E-state index contributed by atoms with van der Waals surface area (Å²) in [6.45, 7) is 0. The maximum atomic E-state index is 10.3. The van der Waals surface area contributed by atoms with Gasteiger partial charge >= 0.3 is 5.97 Å². The fourth-order valence-corrected chi connectivity index (χ4v) is 1.21. The predicted molar refractivity (Wildman–Crippen MR) is 45.3 cm³/mol. The number of carbonyl (C=O) groups is 1. The van der Waals surface area contributed by atoms with Crippen LogP contribution >= 0.6 is 0 Å². The van der Waals surface area contributed by atoms with Crippen molar-refractivity contribution in [1.29, 1.82) is 5.41 Å². The van der Waals surface area contributed by atoms with Crippen LogP contribution in [0.1, 0.15) is 25.7 Å². The van der Waals surface area contributed by atoms with Gasteiger partial charge in [0.2, 0.25) is 0 Å². The number of nitrogens with one attached hydrogen (secondary N) is 1. The molecule has 0 radical (unpaired) electrons. The van der Waals surface area contributed by atoms with Gasteiger partial charge in [-0.05, 0) is 12.3 Å². The topological polar surface area (TPSA) is 87.2 Å². The lowest BCUT2D eigenvalue weighted by Gasteiger charge is -2.08. The summed E-state index contributed by atoms with van der Waals surface area (Å²) in [5.74, 6) is -0.456. The first-order valence-electron chi connectivity index (χ1n) is 4.16. The third-order valence-electron chi connectivity index (χ3n) is 2.06. The summed E-state index contributed by atoms with van der Waals surface area (Å²) in [5.41, 5.74) is 5.37. The summed E-state index contributed by atoms with van der Waals surface area (Å²) < 4.78 is 0. The van der Waals surface area contributed by atoms with Crippen LogP contribution in [0.4, 0.5) is 0 Å². The average molecular weight is 170 g/mol. The lowest BCUT2D eigenvalue weighted by Crippen LogP contribution is -2.27. The van der Waals surface area contributed by atoms with Gasteiger partial charge < -0.3 is 10.8 Å². The molecule has 0 aliphatic heterocycles. The number of hydrogen-bond donors (Lipinski definition) is 3. The molecular weight excluding hydrogens is 156 g/mol. The zero-order chi connectivity index (χ0) is 9.14. The maximum absolute atomic E-state index is 10.3. The summed E-state index contributed by atoms with van der Waals surface area (Å²) in [6, 6.07) is -0.138. The molecule has 12 heavy (non-hydrogen) atoms. The van der Waals surface area contributed by atoms with Crippen LogP contribution in [0.2, 0.25) is 0 Å². The molecule has 0 aromatic rings. The number of aliphatic carboxylic acids is 1. The van der Waals surface area contributed by atoms with Crippen LogP contribution in [-0.4, -0.2) is 22.8 Å². The molecule has 0 aromatic carbocycles. The summed E-state index contributed by atoms with van der Waals surface area (Å²) >= 11 is 0.